The zero-order chi connectivity index (χ0) is 21.8. The highest BCUT2D eigenvalue weighted by atomic mass is 35.5. The van der Waals surface area contributed by atoms with Crippen molar-refractivity contribution in [3.63, 3.8) is 0 Å². The normalized spacial score (nSPS) is 17.4. The molecule has 1 aromatic heterocycles. The van der Waals surface area contributed by atoms with Crippen LogP contribution in [0, 0.1) is 25.2 Å². The Hall–Kier alpha value is -3.09. The van der Waals surface area contributed by atoms with E-state index in [1.165, 1.54) is 6.21 Å². The van der Waals surface area contributed by atoms with Crippen molar-refractivity contribution in [1.82, 2.24) is 9.88 Å². The van der Waals surface area contributed by atoms with Crippen molar-refractivity contribution in [3.05, 3.63) is 51.8 Å². The van der Waals surface area contributed by atoms with Gasteiger partial charge in [0.2, 0.25) is 11.8 Å². The maximum Gasteiger partial charge on any atom is 0.240 e. The second kappa shape index (κ2) is 9.15. The van der Waals surface area contributed by atoms with E-state index in [0.717, 1.165) is 28.6 Å². The minimum atomic E-state index is -0.595. The third kappa shape index (κ3) is 4.72. The molecule has 0 saturated carbocycles. The molecule has 30 heavy (non-hydrogen) atoms. The van der Waals surface area contributed by atoms with E-state index in [0.29, 0.717) is 21.6 Å². The second-order valence-corrected chi connectivity index (χ2v) is 8.25. The van der Waals surface area contributed by atoms with Gasteiger partial charge in [0.15, 0.2) is 5.17 Å². The Bertz CT molecular complexity index is 1120. The Kier molecular flexibility index (Phi) is 6.59. The quantitative estimate of drug-likeness (QED) is 0.547. The van der Waals surface area contributed by atoms with Crippen molar-refractivity contribution in [2.24, 2.45) is 17.3 Å². The summed E-state index contributed by atoms with van der Waals surface area (Å²) in [5.74, 6) is -0.587. The molecule has 0 radical (unpaired) electrons. The van der Waals surface area contributed by atoms with E-state index >= 15 is 0 Å². The minimum Gasteiger partial charge on any atom is -0.339 e. The largest absolute Gasteiger partial charge is 0.339 e. The number of anilines is 1. The number of aromatic nitrogens is 1. The molecule has 1 aliphatic heterocycles. The number of nitriles is 1. The highest BCUT2D eigenvalue weighted by Gasteiger charge is 2.32. The standard InChI is InChI=1S/C20H19ClN6O2S/c1-11-15(21)5-4-6-16(11)24-18(28)8-17-19(29)25-20(30-17)26-23-10-13-7-14(9-22)27(3)12(13)2/h4-7,10,17H,8H2,1-3H3,(H,24,28)(H,25,26,29)/b23-10-/t17-/m0/s1. The number of amides is 2. The number of hydrogen-bond acceptors (Lipinski definition) is 6. The lowest BCUT2D eigenvalue weighted by Gasteiger charge is -2.10. The van der Waals surface area contributed by atoms with E-state index in [2.05, 4.69) is 26.9 Å². The summed E-state index contributed by atoms with van der Waals surface area (Å²) in [5, 5.41) is 22.8. The lowest BCUT2D eigenvalue weighted by molar-refractivity contribution is -0.122. The summed E-state index contributed by atoms with van der Waals surface area (Å²) in [6.07, 6.45) is 1.52. The number of nitrogens with one attached hydrogen (secondary N) is 2. The fourth-order valence-corrected chi connectivity index (χ4v) is 3.90. The number of rotatable bonds is 5. The molecule has 2 aromatic rings. The molecule has 0 spiro atoms. The summed E-state index contributed by atoms with van der Waals surface area (Å²) in [6, 6.07) is 9.06. The number of halogens is 1. The van der Waals surface area contributed by atoms with E-state index in [1.807, 2.05) is 13.8 Å². The SMILES string of the molecule is Cc1c(Cl)cccc1NC(=O)C[C@@H]1S/C(=N/N=C\c2cc(C#N)n(C)c2C)NC1=O. The molecular formula is C20H19ClN6O2S. The van der Waals surface area contributed by atoms with Crippen molar-refractivity contribution in [3.8, 4) is 6.07 Å². The molecule has 1 atom stereocenters. The highest BCUT2D eigenvalue weighted by Crippen LogP contribution is 2.26. The van der Waals surface area contributed by atoms with Crippen molar-refractivity contribution in [2.45, 2.75) is 25.5 Å². The van der Waals surface area contributed by atoms with Crippen LogP contribution in [0.1, 0.15) is 28.9 Å². The predicted octanol–water partition coefficient (Wildman–Crippen LogP) is 3.12. The lowest BCUT2D eigenvalue weighted by Crippen LogP contribution is -2.28. The molecule has 1 aliphatic rings. The van der Waals surface area contributed by atoms with Gasteiger partial charge in [-0.3, -0.25) is 9.59 Å². The number of hydrogen-bond donors (Lipinski definition) is 2. The average Bonchev–Trinajstić information content (AvgIpc) is 3.19. The number of amidine groups is 1. The molecule has 1 aromatic carbocycles. The summed E-state index contributed by atoms with van der Waals surface area (Å²) < 4.78 is 1.76. The zero-order valence-electron chi connectivity index (χ0n) is 16.6. The Morgan fingerprint density at radius 3 is 2.93 bits per heavy atom. The van der Waals surface area contributed by atoms with Crippen LogP contribution in [0.2, 0.25) is 5.02 Å². The van der Waals surface area contributed by atoms with Crippen LogP contribution in [-0.4, -0.2) is 33.0 Å². The van der Waals surface area contributed by atoms with E-state index in [4.69, 9.17) is 16.9 Å². The maximum atomic E-state index is 12.3. The topological polar surface area (TPSA) is 112 Å². The van der Waals surface area contributed by atoms with Crippen molar-refractivity contribution < 1.29 is 9.59 Å². The first kappa shape index (κ1) is 21.6. The van der Waals surface area contributed by atoms with E-state index in [-0.39, 0.29) is 18.2 Å². The Morgan fingerprint density at radius 1 is 1.47 bits per heavy atom. The van der Waals surface area contributed by atoms with Gasteiger partial charge in [0.05, 0.1) is 6.21 Å². The lowest BCUT2D eigenvalue weighted by atomic mass is 10.2. The monoisotopic (exact) mass is 442 g/mol. The van der Waals surface area contributed by atoms with Crippen molar-refractivity contribution in [1.29, 1.82) is 5.26 Å². The fraction of sp³-hybridized carbons (Fsp3) is 0.250. The van der Waals surface area contributed by atoms with Gasteiger partial charge >= 0.3 is 0 Å². The van der Waals surface area contributed by atoms with Crippen molar-refractivity contribution in [2.75, 3.05) is 5.32 Å². The van der Waals surface area contributed by atoms with Crippen LogP contribution in [-0.2, 0) is 16.6 Å². The molecular weight excluding hydrogens is 424 g/mol. The number of benzene rings is 1. The summed E-state index contributed by atoms with van der Waals surface area (Å²) in [5.41, 5.74) is 3.55. The van der Waals surface area contributed by atoms with Gasteiger partial charge in [-0.1, -0.05) is 29.4 Å². The third-order valence-electron chi connectivity index (χ3n) is 4.72. The van der Waals surface area contributed by atoms with Gasteiger partial charge in [-0.05, 0) is 37.6 Å². The smallest absolute Gasteiger partial charge is 0.240 e. The summed E-state index contributed by atoms with van der Waals surface area (Å²) in [4.78, 5) is 24.5. The van der Waals surface area contributed by atoms with E-state index < -0.39 is 5.25 Å². The molecule has 0 aliphatic carbocycles. The van der Waals surface area contributed by atoms with Gasteiger partial charge in [0.1, 0.15) is 17.0 Å². The molecule has 3 rings (SSSR count). The summed E-state index contributed by atoms with van der Waals surface area (Å²) in [6.45, 7) is 3.68. The van der Waals surface area contributed by atoms with Gasteiger partial charge < -0.3 is 15.2 Å². The van der Waals surface area contributed by atoms with Gasteiger partial charge in [-0.25, -0.2) is 0 Å². The molecule has 8 nitrogen and oxygen atoms in total. The zero-order valence-corrected chi connectivity index (χ0v) is 18.1. The van der Waals surface area contributed by atoms with Crippen LogP contribution in [0.15, 0.2) is 34.5 Å². The molecule has 2 heterocycles. The summed E-state index contributed by atoms with van der Waals surface area (Å²) >= 11 is 7.21. The first-order valence-electron chi connectivity index (χ1n) is 9.00. The molecule has 1 fully saturated rings. The number of carbonyl (C=O) groups is 2. The fourth-order valence-electron chi connectivity index (χ4n) is 2.80. The minimum absolute atomic E-state index is 0.00545. The number of nitrogens with zero attached hydrogens (tertiary/aromatic N) is 4. The summed E-state index contributed by atoms with van der Waals surface area (Å²) in [7, 11) is 1.80. The molecule has 2 N–H and O–H groups in total. The molecule has 2 amide bonds. The molecule has 0 unspecified atom stereocenters. The number of carbonyl (C=O) groups excluding carboxylic acids is 2. The first-order valence-corrected chi connectivity index (χ1v) is 10.3. The van der Waals surface area contributed by atoms with Crippen molar-refractivity contribution >= 4 is 52.2 Å². The number of thioether (sulfide) groups is 1. The second-order valence-electron chi connectivity index (χ2n) is 6.65. The van der Waals surface area contributed by atoms with Gasteiger partial charge in [0.25, 0.3) is 0 Å². The van der Waals surface area contributed by atoms with E-state index in [1.54, 1.807) is 35.9 Å². The van der Waals surface area contributed by atoms with Crippen LogP contribution < -0.4 is 10.6 Å². The molecule has 154 valence electrons. The molecule has 1 saturated heterocycles. The Balaban J connectivity index is 1.61. The van der Waals surface area contributed by atoms with Crippen LogP contribution >= 0.6 is 23.4 Å². The Labute approximate surface area is 183 Å². The average molecular weight is 443 g/mol. The van der Waals surface area contributed by atoms with Crippen LogP contribution in [0.25, 0.3) is 0 Å². The third-order valence-corrected chi connectivity index (χ3v) is 6.21. The van der Waals surface area contributed by atoms with Crippen LogP contribution in [0.3, 0.4) is 0 Å². The van der Waals surface area contributed by atoms with Crippen LogP contribution in [0.5, 0.6) is 0 Å². The Morgan fingerprint density at radius 2 is 2.23 bits per heavy atom. The van der Waals surface area contributed by atoms with Gasteiger partial charge in [-0.2, -0.15) is 10.4 Å². The van der Waals surface area contributed by atoms with Gasteiger partial charge in [-0.15, -0.1) is 5.10 Å². The van der Waals surface area contributed by atoms with Gasteiger partial charge in [0, 0.05) is 35.4 Å². The maximum absolute atomic E-state index is 12.3. The van der Waals surface area contributed by atoms with E-state index in [9.17, 15) is 9.59 Å². The highest BCUT2D eigenvalue weighted by molar-refractivity contribution is 8.15. The van der Waals surface area contributed by atoms with Crippen LogP contribution in [0.4, 0.5) is 5.69 Å². The molecule has 0 bridgehead atoms. The molecule has 10 heteroatoms. The first-order chi connectivity index (χ1) is 14.3. The predicted molar refractivity (Wildman–Crippen MR) is 119 cm³/mol.